The van der Waals surface area contributed by atoms with Crippen molar-refractivity contribution in [1.82, 2.24) is 15.2 Å². The molecule has 2 aromatic heterocycles. The predicted molar refractivity (Wildman–Crippen MR) is 125 cm³/mol. The van der Waals surface area contributed by atoms with Gasteiger partial charge in [0.15, 0.2) is 0 Å². The average Bonchev–Trinajstić information content (AvgIpc) is 3.54. The number of anilines is 1. The van der Waals surface area contributed by atoms with E-state index in [0.29, 0.717) is 39.1 Å². The Morgan fingerprint density at radius 2 is 1.97 bits per heavy atom. The summed E-state index contributed by atoms with van der Waals surface area (Å²) in [6.07, 6.45) is 3.95. The van der Waals surface area contributed by atoms with Gasteiger partial charge >= 0.3 is 0 Å². The minimum absolute atomic E-state index is 0.240. The number of amides is 1. The van der Waals surface area contributed by atoms with E-state index in [1.54, 1.807) is 6.07 Å². The molecule has 1 saturated carbocycles. The van der Waals surface area contributed by atoms with Crippen LogP contribution < -0.4 is 10.1 Å². The summed E-state index contributed by atoms with van der Waals surface area (Å²) in [5, 5.41) is 21.4. The normalized spacial score (nSPS) is 16.5. The van der Waals surface area contributed by atoms with Crippen molar-refractivity contribution in [1.29, 1.82) is 5.26 Å². The number of aromatic nitrogens is 3. The van der Waals surface area contributed by atoms with Gasteiger partial charge in [-0.25, -0.2) is 4.39 Å². The smallest absolute Gasteiger partial charge is 0.258 e. The van der Waals surface area contributed by atoms with E-state index in [2.05, 4.69) is 26.6 Å². The molecular weight excluding hydrogens is 453 g/mol. The Balaban J connectivity index is 1.33. The number of benzene rings is 2. The fourth-order valence-electron chi connectivity index (χ4n) is 3.94. The Bertz CT molecular complexity index is 1410. The Hall–Kier alpha value is -4.16. The lowest BCUT2D eigenvalue weighted by molar-refractivity contribution is 0.102. The number of nitriles is 1. The summed E-state index contributed by atoms with van der Waals surface area (Å²) < 4.78 is 19.3. The number of hydrogen-bond acceptors (Lipinski definition) is 7. The summed E-state index contributed by atoms with van der Waals surface area (Å²) in [5.41, 5.74) is 2.99. The van der Waals surface area contributed by atoms with Crippen LogP contribution in [0.3, 0.4) is 0 Å². The molecule has 2 aromatic carbocycles. The minimum atomic E-state index is -0.443. The third kappa shape index (κ3) is 4.23. The summed E-state index contributed by atoms with van der Waals surface area (Å²) in [5.74, 6) is 0.164. The van der Waals surface area contributed by atoms with E-state index in [9.17, 15) is 9.18 Å². The molecule has 0 bridgehead atoms. The summed E-state index contributed by atoms with van der Waals surface area (Å²) in [6, 6.07) is 15.4. The number of carbonyl (C=O) groups is 1. The Morgan fingerprint density at radius 1 is 1.15 bits per heavy atom. The van der Waals surface area contributed by atoms with Crippen LogP contribution in [0, 0.1) is 17.1 Å². The Labute approximate surface area is 198 Å². The molecule has 168 valence electrons. The van der Waals surface area contributed by atoms with Gasteiger partial charge in [-0.1, -0.05) is 23.5 Å². The maximum absolute atomic E-state index is 13.9. The number of rotatable bonds is 6. The zero-order valence-electron chi connectivity index (χ0n) is 18.0. The number of halogens is 1. The maximum Gasteiger partial charge on any atom is 0.258 e. The molecule has 0 unspecified atom stereocenters. The van der Waals surface area contributed by atoms with Crippen molar-refractivity contribution >= 4 is 22.4 Å². The minimum Gasteiger partial charge on any atom is -0.496 e. The molecule has 1 N–H and O–H groups in total. The molecule has 7 nitrogen and oxygen atoms in total. The molecule has 0 radical (unpaired) electrons. The number of nitrogens with one attached hydrogen (secondary N) is 1. The van der Waals surface area contributed by atoms with Crippen molar-refractivity contribution < 1.29 is 13.9 Å². The molecule has 0 spiro atoms. The van der Waals surface area contributed by atoms with Crippen molar-refractivity contribution in [3.63, 3.8) is 0 Å². The van der Waals surface area contributed by atoms with Crippen LogP contribution in [-0.2, 0) is 0 Å². The van der Waals surface area contributed by atoms with Crippen LogP contribution in [-0.4, -0.2) is 28.2 Å². The zero-order chi connectivity index (χ0) is 23.7. The van der Waals surface area contributed by atoms with E-state index in [4.69, 9.17) is 10.00 Å². The SMILES string of the molecule is COc1ccc(F)cc1-c1cnccc1C(=O)Nc1nnc([C@@H]2C[C@H]2c2ccc(C#N)cc2)s1. The fraction of sp³-hybridized carbons (Fsp3) is 0.160. The van der Waals surface area contributed by atoms with Crippen LogP contribution in [0.2, 0.25) is 0 Å². The van der Waals surface area contributed by atoms with Gasteiger partial charge in [0.2, 0.25) is 5.13 Å². The molecule has 0 saturated heterocycles. The molecule has 2 heterocycles. The fourth-order valence-corrected chi connectivity index (χ4v) is 4.86. The van der Waals surface area contributed by atoms with Crippen LogP contribution in [0.4, 0.5) is 9.52 Å². The standard InChI is InChI=1S/C25H18FN5O2S/c1-33-22-7-6-16(26)10-19(22)21-13-28-9-8-17(21)23(32)29-25-31-30-24(34-25)20-11-18(20)15-4-2-14(12-27)3-5-15/h2-10,13,18,20H,11H2,1H3,(H,29,31,32)/t18-,20+/m0/s1. The topological polar surface area (TPSA) is 101 Å². The van der Waals surface area contributed by atoms with E-state index in [1.807, 2.05) is 24.3 Å². The second-order valence-corrected chi connectivity index (χ2v) is 8.86. The van der Waals surface area contributed by atoms with Crippen molar-refractivity contribution in [3.8, 4) is 22.9 Å². The van der Waals surface area contributed by atoms with E-state index in [0.717, 1.165) is 17.0 Å². The van der Waals surface area contributed by atoms with Crippen molar-refractivity contribution in [2.45, 2.75) is 18.3 Å². The Kier molecular flexibility index (Phi) is 5.74. The van der Waals surface area contributed by atoms with Gasteiger partial charge in [-0.3, -0.25) is 15.1 Å². The van der Waals surface area contributed by atoms with Crippen molar-refractivity contribution in [2.24, 2.45) is 0 Å². The monoisotopic (exact) mass is 471 g/mol. The van der Waals surface area contributed by atoms with Crippen LogP contribution in [0.25, 0.3) is 11.1 Å². The number of carbonyl (C=O) groups excluding carboxylic acids is 1. The maximum atomic E-state index is 13.9. The van der Waals surface area contributed by atoms with Gasteiger partial charge in [-0.15, -0.1) is 10.2 Å². The lowest BCUT2D eigenvalue weighted by atomic mass is 10.0. The largest absolute Gasteiger partial charge is 0.496 e. The molecule has 1 aliphatic rings. The molecule has 2 atom stereocenters. The lowest BCUT2D eigenvalue weighted by Crippen LogP contribution is -2.13. The predicted octanol–water partition coefficient (Wildman–Crippen LogP) is 5.14. The van der Waals surface area contributed by atoms with Crippen LogP contribution in [0.1, 0.15) is 44.7 Å². The molecule has 1 fully saturated rings. The van der Waals surface area contributed by atoms with Crippen molar-refractivity contribution in [3.05, 3.63) is 88.4 Å². The highest BCUT2D eigenvalue weighted by molar-refractivity contribution is 7.15. The van der Waals surface area contributed by atoms with E-state index < -0.39 is 11.7 Å². The molecule has 1 aliphatic carbocycles. The molecule has 5 rings (SSSR count). The van der Waals surface area contributed by atoms with E-state index in [-0.39, 0.29) is 5.92 Å². The van der Waals surface area contributed by atoms with E-state index >= 15 is 0 Å². The van der Waals surface area contributed by atoms with Gasteiger partial charge in [0.1, 0.15) is 16.6 Å². The number of ether oxygens (including phenoxy) is 1. The summed E-state index contributed by atoms with van der Waals surface area (Å²) in [7, 11) is 1.48. The average molecular weight is 472 g/mol. The summed E-state index contributed by atoms with van der Waals surface area (Å²) >= 11 is 1.34. The van der Waals surface area contributed by atoms with Crippen molar-refractivity contribution in [2.75, 3.05) is 12.4 Å². The Morgan fingerprint density at radius 3 is 2.74 bits per heavy atom. The van der Waals surface area contributed by atoms with Gasteiger partial charge in [0.25, 0.3) is 5.91 Å². The molecule has 9 heteroatoms. The van der Waals surface area contributed by atoms with Gasteiger partial charge in [0.05, 0.1) is 24.3 Å². The van der Waals surface area contributed by atoms with Crippen LogP contribution in [0.5, 0.6) is 5.75 Å². The first-order chi connectivity index (χ1) is 16.6. The van der Waals surface area contributed by atoms with Gasteiger partial charge in [-0.05, 0) is 54.3 Å². The highest BCUT2D eigenvalue weighted by Crippen LogP contribution is 2.55. The van der Waals surface area contributed by atoms with Gasteiger partial charge in [0, 0.05) is 29.4 Å². The summed E-state index contributed by atoms with van der Waals surface area (Å²) in [6.45, 7) is 0. The van der Waals surface area contributed by atoms with E-state index in [1.165, 1.54) is 49.0 Å². The molecular formula is C25H18FN5O2S. The summed E-state index contributed by atoms with van der Waals surface area (Å²) in [4.78, 5) is 17.2. The highest BCUT2D eigenvalue weighted by atomic mass is 32.1. The lowest BCUT2D eigenvalue weighted by Gasteiger charge is -2.12. The molecule has 4 aromatic rings. The van der Waals surface area contributed by atoms with Crippen LogP contribution in [0.15, 0.2) is 60.9 Å². The third-order valence-electron chi connectivity index (χ3n) is 5.75. The van der Waals surface area contributed by atoms with Gasteiger partial charge < -0.3 is 4.74 Å². The number of nitrogens with zero attached hydrogens (tertiary/aromatic N) is 4. The zero-order valence-corrected chi connectivity index (χ0v) is 18.8. The number of hydrogen-bond donors (Lipinski definition) is 1. The third-order valence-corrected chi connectivity index (χ3v) is 6.72. The molecule has 1 amide bonds. The second kappa shape index (κ2) is 9.00. The number of pyridine rings is 1. The number of methoxy groups -OCH3 is 1. The highest BCUT2D eigenvalue weighted by Gasteiger charge is 2.42. The van der Waals surface area contributed by atoms with Gasteiger partial charge in [-0.2, -0.15) is 5.26 Å². The quantitative estimate of drug-likeness (QED) is 0.418. The molecule has 0 aliphatic heterocycles. The second-order valence-electron chi connectivity index (χ2n) is 7.85. The first-order valence-electron chi connectivity index (χ1n) is 10.5. The molecule has 34 heavy (non-hydrogen) atoms. The van der Waals surface area contributed by atoms with Crippen LogP contribution >= 0.6 is 11.3 Å². The first-order valence-corrected chi connectivity index (χ1v) is 11.3. The first kappa shape index (κ1) is 21.7.